The van der Waals surface area contributed by atoms with Gasteiger partial charge in [-0.15, -0.1) is 0 Å². The molecular weight excluding hydrogens is 288 g/mol. The lowest BCUT2D eigenvalue weighted by atomic mass is 10.1. The van der Waals surface area contributed by atoms with Gasteiger partial charge in [-0.2, -0.15) is 0 Å². The second kappa shape index (κ2) is 7.62. The third-order valence-electron chi connectivity index (χ3n) is 4.34. The molecule has 1 aliphatic rings. The molecule has 3 rings (SSSR count). The van der Waals surface area contributed by atoms with Gasteiger partial charge in [-0.1, -0.05) is 0 Å². The van der Waals surface area contributed by atoms with Gasteiger partial charge in [-0.05, 0) is 49.9 Å². The first-order chi connectivity index (χ1) is 11.2. The molecule has 1 fully saturated rings. The van der Waals surface area contributed by atoms with Crippen molar-refractivity contribution in [1.82, 2.24) is 19.9 Å². The summed E-state index contributed by atoms with van der Waals surface area (Å²) in [5.41, 5.74) is 4.73. The van der Waals surface area contributed by atoms with Crippen molar-refractivity contribution in [3.63, 3.8) is 0 Å². The summed E-state index contributed by atoms with van der Waals surface area (Å²) < 4.78 is 5.93. The van der Waals surface area contributed by atoms with Crippen LogP contribution in [0.5, 0.6) is 0 Å². The van der Waals surface area contributed by atoms with E-state index < -0.39 is 0 Å². The lowest BCUT2D eigenvalue weighted by molar-refractivity contribution is -0.0347. The van der Waals surface area contributed by atoms with Crippen LogP contribution in [-0.4, -0.2) is 45.7 Å². The summed E-state index contributed by atoms with van der Waals surface area (Å²) in [4.78, 5) is 15.1. The largest absolute Gasteiger partial charge is 0.376 e. The lowest BCUT2D eigenvalue weighted by Crippen LogP contribution is -2.42. The standard InChI is InChI=1S/C18H24N4O/c1-14-10-19-6-5-16(14)11-22-7-8-23-18(12-22)4-3-17-9-15(2)20-13-21-17/h5-6,9-10,13,18H,3-4,7-8,11-12H2,1-2H3/t18-/m0/s1. The van der Waals surface area contributed by atoms with E-state index in [0.29, 0.717) is 0 Å². The third-order valence-corrected chi connectivity index (χ3v) is 4.34. The molecule has 1 aliphatic heterocycles. The van der Waals surface area contributed by atoms with E-state index in [1.54, 1.807) is 6.33 Å². The van der Waals surface area contributed by atoms with Crippen molar-refractivity contribution in [2.45, 2.75) is 39.3 Å². The molecule has 122 valence electrons. The molecule has 1 saturated heterocycles. The van der Waals surface area contributed by atoms with Gasteiger partial charge in [0.1, 0.15) is 6.33 Å². The van der Waals surface area contributed by atoms with E-state index in [0.717, 1.165) is 50.5 Å². The molecule has 0 saturated carbocycles. The van der Waals surface area contributed by atoms with E-state index in [-0.39, 0.29) is 6.10 Å². The topological polar surface area (TPSA) is 51.1 Å². The molecule has 0 radical (unpaired) electrons. The van der Waals surface area contributed by atoms with Crippen LogP contribution in [0.3, 0.4) is 0 Å². The van der Waals surface area contributed by atoms with Crippen LogP contribution in [0.15, 0.2) is 30.9 Å². The summed E-state index contributed by atoms with van der Waals surface area (Å²) in [5.74, 6) is 0. The SMILES string of the molecule is Cc1cc(CC[C@H]2CN(Cc3ccncc3C)CCO2)ncn1. The van der Waals surface area contributed by atoms with Crippen molar-refractivity contribution < 1.29 is 4.74 Å². The first-order valence-corrected chi connectivity index (χ1v) is 8.21. The van der Waals surface area contributed by atoms with Gasteiger partial charge in [0.25, 0.3) is 0 Å². The minimum absolute atomic E-state index is 0.279. The van der Waals surface area contributed by atoms with E-state index >= 15 is 0 Å². The van der Waals surface area contributed by atoms with Crippen molar-refractivity contribution in [3.8, 4) is 0 Å². The summed E-state index contributed by atoms with van der Waals surface area (Å²) >= 11 is 0. The predicted molar refractivity (Wildman–Crippen MR) is 89.1 cm³/mol. The molecule has 0 aliphatic carbocycles. The fourth-order valence-corrected chi connectivity index (χ4v) is 2.97. The number of nitrogens with zero attached hydrogens (tertiary/aromatic N) is 4. The Hall–Kier alpha value is -1.85. The third kappa shape index (κ3) is 4.56. The summed E-state index contributed by atoms with van der Waals surface area (Å²) in [6, 6.07) is 4.17. The first-order valence-electron chi connectivity index (χ1n) is 8.21. The Labute approximate surface area is 137 Å². The molecule has 0 N–H and O–H groups in total. The number of morpholine rings is 1. The van der Waals surface area contributed by atoms with Crippen LogP contribution >= 0.6 is 0 Å². The second-order valence-electron chi connectivity index (χ2n) is 6.22. The fraction of sp³-hybridized carbons (Fsp3) is 0.500. The number of rotatable bonds is 5. The average molecular weight is 312 g/mol. The zero-order valence-corrected chi connectivity index (χ0v) is 13.9. The van der Waals surface area contributed by atoms with Gasteiger partial charge in [0.2, 0.25) is 0 Å². The number of hydrogen-bond donors (Lipinski definition) is 0. The van der Waals surface area contributed by atoms with Crippen molar-refractivity contribution in [1.29, 1.82) is 0 Å². The molecule has 2 aromatic rings. The number of pyridine rings is 1. The van der Waals surface area contributed by atoms with Crippen molar-refractivity contribution in [2.24, 2.45) is 0 Å². The maximum atomic E-state index is 5.93. The number of aromatic nitrogens is 3. The lowest BCUT2D eigenvalue weighted by Gasteiger charge is -2.33. The number of aryl methyl sites for hydroxylation is 3. The number of hydrogen-bond acceptors (Lipinski definition) is 5. The highest BCUT2D eigenvalue weighted by atomic mass is 16.5. The summed E-state index contributed by atoms with van der Waals surface area (Å²) in [6.07, 6.45) is 7.67. The van der Waals surface area contributed by atoms with E-state index in [2.05, 4.69) is 38.9 Å². The molecule has 5 nitrogen and oxygen atoms in total. The minimum Gasteiger partial charge on any atom is -0.376 e. The minimum atomic E-state index is 0.279. The van der Waals surface area contributed by atoms with Gasteiger partial charge in [-0.3, -0.25) is 9.88 Å². The number of ether oxygens (including phenoxy) is 1. The Balaban J connectivity index is 1.53. The second-order valence-corrected chi connectivity index (χ2v) is 6.22. The van der Waals surface area contributed by atoms with Gasteiger partial charge >= 0.3 is 0 Å². The molecule has 5 heteroatoms. The summed E-state index contributed by atoms with van der Waals surface area (Å²) in [7, 11) is 0. The van der Waals surface area contributed by atoms with E-state index in [9.17, 15) is 0 Å². The molecule has 0 spiro atoms. The van der Waals surface area contributed by atoms with E-state index in [4.69, 9.17) is 4.74 Å². The van der Waals surface area contributed by atoms with Crippen molar-refractivity contribution in [3.05, 3.63) is 53.4 Å². The van der Waals surface area contributed by atoms with Crippen molar-refractivity contribution >= 4 is 0 Å². The molecular formula is C18H24N4O. The Morgan fingerprint density at radius 3 is 3.04 bits per heavy atom. The highest BCUT2D eigenvalue weighted by Gasteiger charge is 2.21. The van der Waals surface area contributed by atoms with Gasteiger partial charge < -0.3 is 4.74 Å². The van der Waals surface area contributed by atoms with E-state index in [1.807, 2.05) is 19.3 Å². The highest BCUT2D eigenvalue weighted by molar-refractivity contribution is 5.21. The monoisotopic (exact) mass is 312 g/mol. The zero-order valence-electron chi connectivity index (χ0n) is 13.9. The quantitative estimate of drug-likeness (QED) is 0.848. The molecule has 0 unspecified atom stereocenters. The van der Waals surface area contributed by atoms with Gasteiger partial charge in [-0.25, -0.2) is 9.97 Å². The predicted octanol–water partition coefficient (Wildman–Crippen LogP) is 2.32. The first kappa shape index (κ1) is 16.0. The van der Waals surface area contributed by atoms with Gasteiger partial charge in [0.15, 0.2) is 0 Å². The fourth-order valence-electron chi connectivity index (χ4n) is 2.97. The van der Waals surface area contributed by atoms with Crippen LogP contribution in [0.2, 0.25) is 0 Å². The van der Waals surface area contributed by atoms with Crippen LogP contribution in [0, 0.1) is 13.8 Å². The maximum absolute atomic E-state index is 5.93. The molecule has 2 aromatic heterocycles. The van der Waals surface area contributed by atoms with Gasteiger partial charge in [0.05, 0.1) is 12.7 Å². The highest BCUT2D eigenvalue weighted by Crippen LogP contribution is 2.16. The van der Waals surface area contributed by atoms with Crippen LogP contribution in [0.4, 0.5) is 0 Å². The Bertz CT molecular complexity index is 646. The van der Waals surface area contributed by atoms with Crippen molar-refractivity contribution in [2.75, 3.05) is 19.7 Å². The zero-order chi connectivity index (χ0) is 16.1. The Morgan fingerprint density at radius 1 is 1.30 bits per heavy atom. The normalized spacial score (nSPS) is 19.0. The maximum Gasteiger partial charge on any atom is 0.115 e. The van der Waals surface area contributed by atoms with E-state index in [1.165, 1.54) is 11.1 Å². The molecule has 23 heavy (non-hydrogen) atoms. The van der Waals surface area contributed by atoms with Crippen LogP contribution < -0.4 is 0 Å². The van der Waals surface area contributed by atoms with Crippen LogP contribution in [0.1, 0.15) is 28.9 Å². The molecule has 3 heterocycles. The van der Waals surface area contributed by atoms with Gasteiger partial charge in [0, 0.05) is 43.4 Å². The van der Waals surface area contributed by atoms with Crippen LogP contribution in [0.25, 0.3) is 0 Å². The smallest absolute Gasteiger partial charge is 0.115 e. The van der Waals surface area contributed by atoms with Crippen LogP contribution in [-0.2, 0) is 17.7 Å². The molecule has 0 bridgehead atoms. The molecule has 1 atom stereocenters. The average Bonchev–Trinajstić information content (AvgIpc) is 2.56. The molecule has 0 amide bonds. The summed E-state index contributed by atoms with van der Waals surface area (Å²) in [5, 5.41) is 0. The summed E-state index contributed by atoms with van der Waals surface area (Å²) in [6.45, 7) is 7.87. The Kier molecular flexibility index (Phi) is 5.31. The molecule has 0 aromatic carbocycles. The Morgan fingerprint density at radius 2 is 2.22 bits per heavy atom.